The van der Waals surface area contributed by atoms with Crippen LogP contribution in [0.3, 0.4) is 0 Å². The molecule has 0 radical (unpaired) electrons. The molecule has 35 heavy (non-hydrogen) atoms. The lowest BCUT2D eigenvalue weighted by atomic mass is 9.81. The van der Waals surface area contributed by atoms with Gasteiger partial charge in [0.15, 0.2) is 0 Å². The Labute approximate surface area is 215 Å². The van der Waals surface area contributed by atoms with Crippen LogP contribution in [0, 0.1) is 38.5 Å². The van der Waals surface area contributed by atoms with Crippen LogP contribution in [0.15, 0.2) is 0 Å². The highest BCUT2D eigenvalue weighted by Crippen LogP contribution is 2.45. The lowest BCUT2D eigenvalue weighted by Gasteiger charge is -2.43. The Kier molecular flexibility index (Phi) is 11.0. The quantitative estimate of drug-likeness (QED) is 0.283. The molecule has 1 N–H and O–H groups in total. The van der Waals surface area contributed by atoms with Gasteiger partial charge >= 0.3 is 5.97 Å². The van der Waals surface area contributed by atoms with Crippen molar-refractivity contribution >= 4 is 5.97 Å². The van der Waals surface area contributed by atoms with Crippen LogP contribution in [0.4, 0.5) is 0 Å². The molecule has 2 rings (SSSR count). The van der Waals surface area contributed by atoms with E-state index in [1.165, 1.54) is 45.4 Å². The first-order chi connectivity index (χ1) is 16.4. The van der Waals surface area contributed by atoms with Crippen molar-refractivity contribution in [3.8, 4) is 11.5 Å². The zero-order chi connectivity index (χ0) is 26.3. The molecule has 0 unspecified atom stereocenters. The molecule has 1 aromatic rings. The molecule has 0 spiro atoms. The Balaban J connectivity index is 1.94. The van der Waals surface area contributed by atoms with Gasteiger partial charge in [-0.1, -0.05) is 72.6 Å². The van der Waals surface area contributed by atoms with Crippen molar-refractivity contribution in [1.82, 2.24) is 0 Å². The second-order valence-electron chi connectivity index (χ2n) is 12.1. The minimum absolute atomic E-state index is 0.283. The molecule has 1 aliphatic rings. The fourth-order valence-electron chi connectivity index (χ4n) is 5.61. The van der Waals surface area contributed by atoms with Gasteiger partial charge in [0, 0.05) is 18.9 Å². The number of aromatic hydroxyl groups is 1. The number of rotatable bonds is 13. The lowest BCUT2D eigenvalue weighted by molar-refractivity contribution is -0.161. The summed E-state index contributed by atoms with van der Waals surface area (Å²) in [7, 11) is 0. The molecule has 0 aromatic heterocycles. The van der Waals surface area contributed by atoms with Gasteiger partial charge in [-0.3, -0.25) is 4.79 Å². The zero-order valence-corrected chi connectivity index (χ0v) is 24.1. The summed E-state index contributed by atoms with van der Waals surface area (Å²) in [6.07, 6.45) is 11.3. The van der Waals surface area contributed by atoms with Gasteiger partial charge in [0.2, 0.25) is 0 Å². The van der Waals surface area contributed by atoms with E-state index in [2.05, 4.69) is 34.6 Å². The Morgan fingerprint density at radius 1 is 0.943 bits per heavy atom. The average Bonchev–Trinajstić information content (AvgIpc) is 2.77. The maximum atomic E-state index is 11.9. The molecule has 4 nitrogen and oxygen atoms in total. The zero-order valence-electron chi connectivity index (χ0n) is 24.1. The second kappa shape index (κ2) is 13.0. The molecule has 4 atom stereocenters. The van der Waals surface area contributed by atoms with Gasteiger partial charge in [-0.15, -0.1) is 0 Å². The molecule has 0 fully saturated rings. The molecular weight excluding hydrogens is 436 g/mol. The molecule has 1 heterocycles. The third kappa shape index (κ3) is 8.15. The first kappa shape index (κ1) is 29.5. The minimum atomic E-state index is -0.566. The van der Waals surface area contributed by atoms with Crippen LogP contribution in [0.1, 0.15) is 122 Å². The predicted molar refractivity (Wildman–Crippen MR) is 145 cm³/mol. The van der Waals surface area contributed by atoms with Crippen molar-refractivity contribution < 1.29 is 19.4 Å². The van der Waals surface area contributed by atoms with Gasteiger partial charge in [-0.05, 0) is 75.0 Å². The van der Waals surface area contributed by atoms with Gasteiger partial charge < -0.3 is 14.6 Å². The van der Waals surface area contributed by atoms with E-state index >= 15 is 0 Å². The van der Waals surface area contributed by atoms with Gasteiger partial charge in [-0.2, -0.15) is 0 Å². The number of hydrogen-bond donors (Lipinski definition) is 1. The smallest absolute Gasteiger partial charge is 0.303 e. The Morgan fingerprint density at radius 3 is 2.03 bits per heavy atom. The summed E-state index contributed by atoms with van der Waals surface area (Å²) in [6, 6.07) is 0. The van der Waals surface area contributed by atoms with E-state index in [0.717, 1.165) is 59.1 Å². The predicted octanol–water partition coefficient (Wildman–Crippen LogP) is 8.38. The van der Waals surface area contributed by atoms with Gasteiger partial charge in [-0.25, -0.2) is 0 Å². The number of fused-ring (bicyclic) bond motifs is 1. The Bertz CT molecular complexity index is 843. The first-order valence-electron chi connectivity index (χ1n) is 14.0. The largest absolute Gasteiger partial charge is 0.507 e. The number of hydrogen-bond acceptors (Lipinski definition) is 4. The van der Waals surface area contributed by atoms with Gasteiger partial charge in [0.05, 0.1) is 0 Å². The summed E-state index contributed by atoms with van der Waals surface area (Å²) in [5, 5.41) is 10.5. The Morgan fingerprint density at radius 2 is 1.49 bits per heavy atom. The van der Waals surface area contributed by atoms with E-state index in [1.54, 1.807) is 0 Å². The molecule has 200 valence electrons. The van der Waals surface area contributed by atoms with Crippen LogP contribution in [-0.4, -0.2) is 22.8 Å². The average molecular weight is 489 g/mol. The third-order valence-corrected chi connectivity index (χ3v) is 8.30. The lowest BCUT2D eigenvalue weighted by Crippen LogP contribution is -2.51. The molecule has 0 saturated heterocycles. The van der Waals surface area contributed by atoms with E-state index in [4.69, 9.17) is 9.47 Å². The highest BCUT2D eigenvalue weighted by molar-refractivity contribution is 5.66. The molecular formula is C31H52O4. The highest BCUT2D eigenvalue weighted by atomic mass is 16.6. The summed E-state index contributed by atoms with van der Waals surface area (Å²) >= 11 is 0. The maximum Gasteiger partial charge on any atom is 0.303 e. The molecule has 0 amide bonds. The van der Waals surface area contributed by atoms with Crippen LogP contribution < -0.4 is 4.74 Å². The molecule has 0 saturated carbocycles. The Hall–Kier alpha value is -1.71. The van der Waals surface area contributed by atoms with Crippen molar-refractivity contribution in [1.29, 1.82) is 0 Å². The number of ether oxygens (including phenoxy) is 2. The topological polar surface area (TPSA) is 55.8 Å². The summed E-state index contributed by atoms with van der Waals surface area (Å²) < 4.78 is 12.4. The molecule has 4 heteroatoms. The number of phenolic OH excluding ortho intramolecular Hbond substituents is 1. The second-order valence-corrected chi connectivity index (χ2v) is 12.1. The molecule has 0 aliphatic carbocycles. The standard InChI is InChI=1S/C31H52O4/c1-20(2)13-10-14-21(3)15-11-16-22(4)17-12-18-31(9)28(34-26(8)32)19-27-25(7)29(33)23(5)24(6)30(27)35-31/h20-22,28,33H,10-19H2,1-9H3/t21-,22+,28+,31-/m0/s1. The molecule has 1 aromatic carbocycles. The van der Waals surface area contributed by atoms with E-state index in [-0.39, 0.29) is 12.1 Å². The van der Waals surface area contributed by atoms with Crippen molar-refractivity contribution in [2.24, 2.45) is 17.8 Å². The van der Waals surface area contributed by atoms with E-state index in [9.17, 15) is 9.90 Å². The molecule has 1 aliphatic heterocycles. The number of carbonyl (C=O) groups excluding carboxylic acids is 1. The fraction of sp³-hybridized carbons (Fsp3) is 0.774. The summed E-state index contributed by atoms with van der Waals surface area (Å²) in [6.45, 7) is 18.8. The number of benzene rings is 1. The first-order valence-corrected chi connectivity index (χ1v) is 14.0. The molecule has 0 bridgehead atoms. The van der Waals surface area contributed by atoms with E-state index in [1.807, 2.05) is 20.8 Å². The SMILES string of the molecule is CC(=O)O[C@@H]1Cc2c(C)c(O)c(C)c(C)c2O[C@@]1(C)CCC[C@H](C)CCC[C@@H](C)CCCC(C)C. The van der Waals surface area contributed by atoms with Crippen LogP contribution in [0.5, 0.6) is 11.5 Å². The summed E-state index contributed by atoms with van der Waals surface area (Å²) in [5.41, 5.74) is 3.07. The fourth-order valence-corrected chi connectivity index (χ4v) is 5.61. The third-order valence-electron chi connectivity index (χ3n) is 8.30. The van der Waals surface area contributed by atoms with Crippen LogP contribution in [-0.2, 0) is 16.0 Å². The number of carbonyl (C=O) groups is 1. The van der Waals surface area contributed by atoms with Crippen molar-refractivity contribution in [3.05, 3.63) is 22.3 Å². The van der Waals surface area contributed by atoms with E-state index in [0.29, 0.717) is 18.1 Å². The monoisotopic (exact) mass is 488 g/mol. The van der Waals surface area contributed by atoms with Gasteiger partial charge in [0.1, 0.15) is 23.2 Å². The number of phenols is 1. The van der Waals surface area contributed by atoms with Gasteiger partial charge in [0.25, 0.3) is 0 Å². The summed E-state index contributed by atoms with van der Waals surface area (Å²) in [5.74, 6) is 3.23. The van der Waals surface area contributed by atoms with Crippen LogP contribution >= 0.6 is 0 Å². The van der Waals surface area contributed by atoms with Crippen molar-refractivity contribution in [3.63, 3.8) is 0 Å². The maximum absolute atomic E-state index is 11.9. The normalized spacial score (nSPS) is 21.4. The summed E-state index contributed by atoms with van der Waals surface area (Å²) in [4.78, 5) is 11.9. The van der Waals surface area contributed by atoms with E-state index < -0.39 is 5.60 Å². The van der Waals surface area contributed by atoms with Crippen LogP contribution in [0.25, 0.3) is 0 Å². The highest BCUT2D eigenvalue weighted by Gasteiger charge is 2.44. The number of esters is 1. The van der Waals surface area contributed by atoms with Crippen molar-refractivity contribution in [2.45, 2.75) is 138 Å². The van der Waals surface area contributed by atoms with Crippen LogP contribution in [0.2, 0.25) is 0 Å². The van der Waals surface area contributed by atoms with Crippen molar-refractivity contribution in [2.75, 3.05) is 0 Å². The minimum Gasteiger partial charge on any atom is -0.507 e.